The number of ether oxygens (including phenoxy) is 1. The van der Waals surface area contributed by atoms with Crippen LogP contribution in [0.5, 0.6) is 0 Å². The van der Waals surface area contributed by atoms with Gasteiger partial charge in [0.1, 0.15) is 0 Å². The van der Waals surface area contributed by atoms with Crippen LogP contribution in [0.3, 0.4) is 0 Å². The highest BCUT2D eigenvalue weighted by Crippen LogP contribution is 2.26. The highest BCUT2D eigenvalue weighted by Gasteiger charge is 2.32. The summed E-state index contributed by atoms with van der Waals surface area (Å²) in [6.45, 7) is 2.25. The molecule has 3 rings (SSSR count). The van der Waals surface area contributed by atoms with Crippen LogP contribution >= 0.6 is 34.8 Å². The number of carbonyl (C=O) groups is 2. The van der Waals surface area contributed by atoms with Gasteiger partial charge in [-0.25, -0.2) is 8.42 Å². The topological polar surface area (TPSA) is 84.0 Å². The van der Waals surface area contributed by atoms with E-state index in [-0.39, 0.29) is 35.8 Å². The number of likely N-dealkylation sites (tertiary alicyclic amines) is 1. The molecule has 1 saturated heterocycles. The van der Waals surface area contributed by atoms with Crippen molar-refractivity contribution in [3.8, 4) is 0 Å². The number of sulfonamides is 1. The Morgan fingerprint density at radius 2 is 1.65 bits per heavy atom. The minimum atomic E-state index is -4.05. The van der Waals surface area contributed by atoms with Gasteiger partial charge in [-0.1, -0.05) is 40.9 Å². The molecular weight excluding hydrogens is 523 g/mol. The zero-order chi connectivity index (χ0) is 24.9. The van der Waals surface area contributed by atoms with Crippen molar-refractivity contribution in [1.29, 1.82) is 0 Å². The van der Waals surface area contributed by atoms with Crippen LogP contribution < -0.4 is 0 Å². The number of rotatable bonds is 8. The summed E-state index contributed by atoms with van der Waals surface area (Å²) in [4.78, 5) is 26.7. The second-order valence-electron chi connectivity index (χ2n) is 7.87. The van der Waals surface area contributed by atoms with E-state index in [1.807, 2.05) is 0 Å². The smallest absolute Gasteiger partial charge is 0.309 e. The zero-order valence-corrected chi connectivity index (χ0v) is 21.6. The van der Waals surface area contributed by atoms with Crippen LogP contribution in [0, 0.1) is 5.92 Å². The molecule has 1 aliphatic rings. The van der Waals surface area contributed by atoms with Gasteiger partial charge in [-0.15, -0.1) is 0 Å². The highest BCUT2D eigenvalue weighted by molar-refractivity contribution is 7.89. The molecule has 34 heavy (non-hydrogen) atoms. The summed E-state index contributed by atoms with van der Waals surface area (Å²) in [6.07, 6.45) is 0.940. The van der Waals surface area contributed by atoms with E-state index in [0.717, 1.165) is 4.31 Å². The van der Waals surface area contributed by atoms with Crippen molar-refractivity contribution in [1.82, 2.24) is 9.21 Å². The molecule has 1 aliphatic heterocycles. The molecule has 0 radical (unpaired) electrons. The van der Waals surface area contributed by atoms with E-state index in [1.54, 1.807) is 24.0 Å². The van der Waals surface area contributed by atoms with E-state index in [0.29, 0.717) is 53.2 Å². The maximum absolute atomic E-state index is 13.4. The first-order valence-corrected chi connectivity index (χ1v) is 13.3. The van der Waals surface area contributed by atoms with E-state index < -0.39 is 10.0 Å². The van der Waals surface area contributed by atoms with Crippen molar-refractivity contribution in [2.45, 2.75) is 31.2 Å². The third kappa shape index (κ3) is 6.64. The van der Waals surface area contributed by atoms with Crippen LogP contribution in [0.4, 0.5) is 0 Å². The predicted octanol–water partition coefficient (Wildman–Crippen LogP) is 4.64. The lowest BCUT2D eigenvalue weighted by Crippen LogP contribution is -2.46. The second kappa shape index (κ2) is 11.7. The molecule has 7 nitrogen and oxygen atoms in total. The highest BCUT2D eigenvalue weighted by atomic mass is 35.5. The molecule has 0 aliphatic carbocycles. The van der Waals surface area contributed by atoms with Gasteiger partial charge < -0.3 is 9.64 Å². The van der Waals surface area contributed by atoms with Gasteiger partial charge in [0.2, 0.25) is 15.9 Å². The summed E-state index contributed by atoms with van der Waals surface area (Å²) < 4.78 is 33.0. The molecule has 2 aromatic rings. The molecule has 0 N–H and O–H groups in total. The molecule has 0 unspecified atom stereocenters. The van der Waals surface area contributed by atoms with Gasteiger partial charge >= 0.3 is 5.97 Å². The van der Waals surface area contributed by atoms with E-state index in [4.69, 9.17) is 39.5 Å². The largest absolute Gasteiger partial charge is 0.466 e. The number of carbonyl (C=O) groups excluding carboxylic acids is 2. The number of hydrogen-bond acceptors (Lipinski definition) is 5. The molecule has 184 valence electrons. The molecule has 0 bridgehead atoms. The summed E-state index contributed by atoms with van der Waals surface area (Å²) in [5.74, 6) is -0.880. The summed E-state index contributed by atoms with van der Waals surface area (Å²) in [5, 5.41) is 1.11. The Morgan fingerprint density at radius 3 is 2.24 bits per heavy atom. The monoisotopic (exact) mass is 546 g/mol. The molecule has 1 heterocycles. The second-order valence-corrected chi connectivity index (χ2v) is 11.1. The lowest BCUT2D eigenvalue weighted by atomic mass is 9.97. The number of piperidine rings is 1. The van der Waals surface area contributed by atoms with Gasteiger partial charge in [0.25, 0.3) is 0 Å². The maximum Gasteiger partial charge on any atom is 0.309 e. The number of esters is 1. The number of halogens is 3. The third-order valence-electron chi connectivity index (χ3n) is 5.59. The Kier molecular flexibility index (Phi) is 9.23. The fourth-order valence-electron chi connectivity index (χ4n) is 3.70. The van der Waals surface area contributed by atoms with Gasteiger partial charge in [0.15, 0.2) is 0 Å². The van der Waals surface area contributed by atoms with Gasteiger partial charge in [-0.05, 0) is 61.7 Å². The van der Waals surface area contributed by atoms with E-state index in [1.165, 1.54) is 30.3 Å². The van der Waals surface area contributed by atoms with Crippen LogP contribution in [-0.2, 0) is 30.9 Å². The summed E-state index contributed by atoms with van der Waals surface area (Å²) in [7, 11) is -4.05. The zero-order valence-electron chi connectivity index (χ0n) is 18.5. The molecule has 0 atom stereocenters. The Labute approximate surface area is 214 Å². The Morgan fingerprint density at radius 1 is 1.03 bits per heavy atom. The number of nitrogens with zero attached hydrogens (tertiary/aromatic N) is 2. The minimum absolute atomic E-state index is 0.0100. The van der Waals surface area contributed by atoms with E-state index in [9.17, 15) is 18.0 Å². The van der Waals surface area contributed by atoms with Gasteiger partial charge in [-0.2, -0.15) is 4.31 Å². The summed E-state index contributed by atoms with van der Waals surface area (Å²) in [6, 6.07) is 10.5. The van der Waals surface area contributed by atoms with Gasteiger partial charge in [0, 0.05) is 34.7 Å². The fourth-order valence-corrected chi connectivity index (χ4v) is 5.66. The van der Waals surface area contributed by atoms with Gasteiger partial charge in [-0.3, -0.25) is 9.59 Å². The van der Waals surface area contributed by atoms with E-state index >= 15 is 0 Å². The van der Waals surface area contributed by atoms with Gasteiger partial charge in [0.05, 0.1) is 24.0 Å². The van der Waals surface area contributed by atoms with Crippen molar-refractivity contribution in [2.24, 2.45) is 5.92 Å². The average molecular weight is 548 g/mol. The Hall–Kier alpha value is -1.84. The lowest BCUT2D eigenvalue weighted by molar-refractivity contribution is -0.151. The normalized spacial score (nSPS) is 14.9. The number of amides is 1. The standard InChI is InChI=1S/C23H25Cl3N2O5S/c1-2-33-23(30)16-9-11-27(12-10-16)22(29)15-28(14-17-3-4-19(25)13-21(17)26)34(31,32)20-7-5-18(24)6-8-20/h3-8,13,16H,2,9-12,14-15H2,1H3. The third-order valence-corrected chi connectivity index (χ3v) is 8.24. The van der Waals surface area contributed by atoms with Crippen LogP contribution in [0.1, 0.15) is 25.3 Å². The van der Waals surface area contributed by atoms with Crippen LogP contribution in [0.25, 0.3) is 0 Å². The van der Waals surface area contributed by atoms with Crippen molar-refractivity contribution in [3.63, 3.8) is 0 Å². The molecule has 0 aromatic heterocycles. The van der Waals surface area contributed by atoms with Crippen molar-refractivity contribution in [2.75, 3.05) is 26.2 Å². The first kappa shape index (κ1) is 26.8. The lowest BCUT2D eigenvalue weighted by Gasteiger charge is -2.32. The predicted molar refractivity (Wildman–Crippen MR) is 131 cm³/mol. The molecule has 11 heteroatoms. The molecule has 2 aromatic carbocycles. The molecule has 1 amide bonds. The van der Waals surface area contributed by atoms with E-state index in [2.05, 4.69) is 0 Å². The fraction of sp³-hybridized carbons (Fsp3) is 0.391. The maximum atomic E-state index is 13.4. The quantitative estimate of drug-likeness (QED) is 0.450. The number of hydrogen-bond donors (Lipinski definition) is 0. The minimum Gasteiger partial charge on any atom is -0.466 e. The SMILES string of the molecule is CCOC(=O)C1CCN(C(=O)CN(Cc2ccc(Cl)cc2Cl)S(=O)(=O)c2ccc(Cl)cc2)CC1. The van der Waals surface area contributed by atoms with Crippen molar-refractivity contribution < 1.29 is 22.7 Å². The first-order valence-electron chi connectivity index (χ1n) is 10.8. The Balaban J connectivity index is 1.80. The van der Waals surface area contributed by atoms with Crippen molar-refractivity contribution >= 4 is 56.7 Å². The first-order chi connectivity index (χ1) is 16.1. The van der Waals surface area contributed by atoms with Crippen LogP contribution in [-0.4, -0.2) is 55.7 Å². The van der Waals surface area contributed by atoms with Crippen LogP contribution in [0.15, 0.2) is 47.4 Å². The molecule has 0 spiro atoms. The van der Waals surface area contributed by atoms with Crippen molar-refractivity contribution in [3.05, 3.63) is 63.1 Å². The summed E-state index contributed by atoms with van der Waals surface area (Å²) >= 11 is 18.2. The molecule has 0 saturated carbocycles. The number of benzene rings is 2. The van der Waals surface area contributed by atoms with Crippen LogP contribution in [0.2, 0.25) is 15.1 Å². The molecular formula is C23H25Cl3N2O5S. The summed E-state index contributed by atoms with van der Waals surface area (Å²) in [5.41, 5.74) is 0.512. The Bertz CT molecular complexity index is 1130. The molecule has 1 fully saturated rings. The average Bonchev–Trinajstić information content (AvgIpc) is 2.80.